The number of rotatable bonds is 2. The van der Waals surface area contributed by atoms with Gasteiger partial charge in [-0.3, -0.25) is 0 Å². The third-order valence-corrected chi connectivity index (χ3v) is 3.01. The fraction of sp³-hybridized carbons (Fsp3) is 0.417. The van der Waals surface area contributed by atoms with Gasteiger partial charge >= 0.3 is 5.97 Å². The lowest BCUT2D eigenvalue weighted by atomic mass is 10.0. The standard InChI is InChI=1S/C12H13BrO3/c1-2-15-12(14)11-5-3-8-7-9(13)4-6-10(8)16-11/h4,6-7,11H,2-3,5H2,1H3/t11-/m1/s1. The van der Waals surface area contributed by atoms with Gasteiger partial charge in [0.25, 0.3) is 0 Å². The van der Waals surface area contributed by atoms with Gasteiger partial charge in [-0.2, -0.15) is 0 Å². The minimum absolute atomic E-state index is 0.268. The predicted molar refractivity (Wildman–Crippen MR) is 63.5 cm³/mol. The zero-order valence-corrected chi connectivity index (χ0v) is 10.6. The van der Waals surface area contributed by atoms with Crippen molar-refractivity contribution in [2.45, 2.75) is 25.9 Å². The van der Waals surface area contributed by atoms with E-state index in [0.717, 1.165) is 22.2 Å². The van der Waals surface area contributed by atoms with Gasteiger partial charge in [-0.15, -0.1) is 0 Å². The van der Waals surface area contributed by atoms with Crippen LogP contribution in [0.5, 0.6) is 5.75 Å². The highest BCUT2D eigenvalue weighted by Crippen LogP contribution is 2.30. The summed E-state index contributed by atoms with van der Waals surface area (Å²) in [7, 11) is 0. The molecule has 0 spiro atoms. The van der Waals surface area contributed by atoms with Gasteiger partial charge in [0.05, 0.1) is 6.61 Å². The van der Waals surface area contributed by atoms with Crippen molar-refractivity contribution < 1.29 is 14.3 Å². The maximum absolute atomic E-state index is 11.5. The van der Waals surface area contributed by atoms with E-state index in [1.54, 1.807) is 6.92 Å². The average molecular weight is 285 g/mol. The second-order valence-corrected chi connectivity index (χ2v) is 4.56. The Morgan fingerprint density at radius 3 is 3.19 bits per heavy atom. The number of hydrogen-bond acceptors (Lipinski definition) is 3. The molecule has 3 nitrogen and oxygen atoms in total. The molecule has 2 rings (SSSR count). The minimum atomic E-state index is -0.450. The van der Waals surface area contributed by atoms with Gasteiger partial charge in [0, 0.05) is 4.47 Å². The fourth-order valence-electron chi connectivity index (χ4n) is 1.76. The van der Waals surface area contributed by atoms with Gasteiger partial charge in [-0.05, 0) is 43.5 Å². The molecule has 1 atom stereocenters. The van der Waals surface area contributed by atoms with E-state index in [4.69, 9.17) is 9.47 Å². The van der Waals surface area contributed by atoms with Gasteiger partial charge in [0.2, 0.25) is 0 Å². The molecule has 0 fully saturated rings. The molecular weight excluding hydrogens is 272 g/mol. The summed E-state index contributed by atoms with van der Waals surface area (Å²) in [5.41, 5.74) is 1.13. The van der Waals surface area contributed by atoms with Crippen LogP contribution in [0, 0.1) is 0 Å². The van der Waals surface area contributed by atoms with Crippen LogP contribution in [0.25, 0.3) is 0 Å². The second kappa shape index (κ2) is 4.87. The topological polar surface area (TPSA) is 35.5 Å². The molecule has 1 aliphatic heterocycles. The molecular formula is C12H13BrO3. The molecule has 0 saturated carbocycles. The van der Waals surface area contributed by atoms with E-state index in [0.29, 0.717) is 13.0 Å². The van der Waals surface area contributed by atoms with Crippen LogP contribution >= 0.6 is 15.9 Å². The molecule has 1 aromatic rings. The average Bonchev–Trinajstić information content (AvgIpc) is 2.28. The third-order valence-electron chi connectivity index (χ3n) is 2.52. The Bertz CT molecular complexity index is 403. The first-order valence-corrected chi connectivity index (χ1v) is 6.11. The second-order valence-electron chi connectivity index (χ2n) is 3.65. The fourth-order valence-corrected chi connectivity index (χ4v) is 2.17. The Labute approximate surface area is 103 Å². The Balaban J connectivity index is 2.12. The number of hydrogen-bond donors (Lipinski definition) is 0. The highest BCUT2D eigenvalue weighted by Gasteiger charge is 2.27. The number of ether oxygens (including phenoxy) is 2. The molecule has 0 amide bonds. The summed E-state index contributed by atoms with van der Waals surface area (Å²) < 4.78 is 11.6. The third kappa shape index (κ3) is 2.38. The highest BCUT2D eigenvalue weighted by atomic mass is 79.9. The van der Waals surface area contributed by atoms with Gasteiger partial charge in [-0.1, -0.05) is 15.9 Å². The van der Waals surface area contributed by atoms with E-state index < -0.39 is 6.10 Å². The minimum Gasteiger partial charge on any atom is -0.478 e. The van der Waals surface area contributed by atoms with E-state index >= 15 is 0 Å². The number of carbonyl (C=O) groups is 1. The number of carbonyl (C=O) groups excluding carboxylic acids is 1. The monoisotopic (exact) mass is 284 g/mol. The molecule has 0 aromatic heterocycles. The van der Waals surface area contributed by atoms with Crippen LogP contribution in [0.2, 0.25) is 0 Å². The summed E-state index contributed by atoms with van der Waals surface area (Å²) in [5, 5.41) is 0. The van der Waals surface area contributed by atoms with Crippen molar-refractivity contribution in [3.8, 4) is 5.75 Å². The van der Waals surface area contributed by atoms with E-state index in [9.17, 15) is 4.79 Å². The Kier molecular flexibility index (Phi) is 3.49. The number of esters is 1. The lowest BCUT2D eigenvalue weighted by Crippen LogP contribution is -2.32. The van der Waals surface area contributed by atoms with Crippen molar-refractivity contribution in [2.24, 2.45) is 0 Å². The molecule has 1 aromatic carbocycles. The van der Waals surface area contributed by atoms with E-state index in [1.165, 1.54) is 0 Å². The Morgan fingerprint density at radius 1 is 1.62 bits per heavy atom. The number of benzene rings is 1. The van der Waals surface area contributed by atoms with Crippen molar-refractivity contribution in [1.29, 1.82) is 0 Å². The zero-order chi connectivity index (χ0) is 11.5. The molecule has 0 saturated heterocycles. The maximum Gasteiger partial charge on any atom is 0.347 e. The lowest BCUT2D eigenvalue weighted by molar-refractivity contribution is -0.152. The number of fused-ring (bicyclic) bond motifs is 1. The number of aryl methyl sites for hydroxylation is 1. The molecule has 16 heavy (non-hydrogen) atoms. The van der Waals surface area contributed by atoms with Crippen molar-refractivity contribution in [1.82, 2.24) is 0 Å². The van der Waals surface area contributed by atoms with Crippen LogP contribution in [0.15, 0.2) is 22.7 Å². The highest BCUT2D eigenvalue weighted by molar-refractivity contribution is 9.10. The number of halogens is 1. The molecule has 1 aliphatic rings. The van der Waals surface area contributed by atoms with E-state index in [-0.39, 0.29) is 5.97 Å². The normalized spacial score (nSPS) is 18.5. The van der Waals surface area contributed by atoms with Crippen LogP contribution < -0.4 is 4.74 Å². The SMILES string of the molecule is CCOC(=O)[C@H]1CCc2cc(Br)ccc2O1. The molecule has 0 unspecified atom stereocenters. The Morgan fingerprint density at radius 2 is 2.44 bits per heavy atom. The summed E-state index contributed by atoms with van der Waals surface area (Å²) in [6, 6.07) is 5.81. The first-order valence-electron chi connectivity index (χ1n) is 5.32. The molecule has 0 N–H and O–H groups in total. The quantitative estimate of drug-likeness (QED) is 0.784. The Hall–Kier alpha value is -1.03. The molecule has 0 bridgehead atoms. The van der Waals surface area contributed by atoms with E-state index in [2.05, 4.69) is 15.9 Å². The summed E-state index contributed by atoms with van der Waals surface area (Å²) >= 11 is 3.41. The summed E-state index contributed by atoms with van der Waals surface area (Å²) in [6.07, 6.45) is 1.08. The van der Waals surface area contributed by atoms with Crippen LogP contribution in [-0.2, 0) is 16.0 Å². The van der Waals surface area contributed by atoms with E-state index in [1.807, 2.05) is 18.2 Å². The smallest absolute Gasteiger partial charge is 0.347 e. The van der Waals surface area contributed by atoms with Crippen LogP contribution in [0.1, 0.15) is 18.9 Å². The first kappa shape index (κ1) is 11.5. The van der Waals surface area contributed by atoms with Crippen molar-refractivity contribution in [3.63, 3.8) is 0 Å². The van der Waals surface area contributed by atoms with Crippen LogP contribution in [0.4, 0.5) is 0 Å². The van der Waals surface area contributed by atoms with Gasteiger partial charge in [0.1, 0.15) is 5.75 Å². The van der Waals surface area contributed by atoms with Crippen molar-refractivity contribution in [2.75, 3.05) is 6.61 Å². The van der Waals surface area contributed by atoms with Crippen LogP contribution in [0.3, 0.4) is 0 Å². The van der Waals surface area contributed by atoms with Gasteiger partial charge in [-0.25, -0.2) is 4.79 Å². The molecule has 0 aliphatic carbocycles. The lowest BCUT2D eigenvalue weighted by Gasteiger charge is -2.24. The molecule has 0 radical (unpaired) electrons. The zero-order valence-electron chi connectivity index (χ0n) is 9.03. The summed E-state index contributed by atoms with van der Waals surface area (Å²) in [5.74, 6) is 0.517. The summed E-state index contributed by atoms with van der Waals surface area (Å²) in [4.78, 5) is 11.5. The molecule has 1 heterocycles. The molecule has 4 heteroatoms. The van der Waals surface area contributed by atoms with Crippen molar-refractivity contribution >= 4 is 21.9 Å². The maximum atomic E-state index is 11.5. The van der Waals surface area contributed by atoms with Gasteiger partial charge < -0.3 is 9.47 Å². The largest absolute Gasteiger partial charge is 0.478 e. The summed E-state index contributed by atoms with van der Waals surface area (Å²) in [6.45, 7) is 2.19. The van der Waals surface area contributed by atoms with Crippen LogP contribution in [-0.4, -0.2) is 18.7 Å². The molecule has 86 valence electrons. The predicted octanol–water partition coefficient (Wildman–Crippen LogP) is 2.71. The first-order chi connectivity index (χ1) is 7.70. The van der Waals surface area contributed by atoms with Crippen molar-refractivity contribution in [3.05, 3.63) is 28.2 Å². The van der Waals surface area contributed by atoms with Gasteiger partial charge in [0.15, 0.2) is 6.10 Å².